The van der Waals surface area contributed by atoms with Crippen LogP contribution in [-0.4, -0.2) is 24.1 Å². The van der Waals surface area contributed by atoms with Crippen molar-refractivity contribution >= 4 is 16.5 Å². The van der Waals surface area contributed by atoms with E-state index in [-0.39, 0.29) is 0 Å². The van der Waals surface area contributed by atoms with Crippen LogP contribution >= 0.6 is 0 Å². The predicted octanol–water partition coefficient (Wildman–Crippen LogP) is 2.01. The molecule has 1 aliphatic heterocycles. The van der Waals surface area contributed by atoms with Crippen molar-refractivity contribution in [2.24, 2.45) is 0 Å². The minimum atomic E-state index is 0.554. The second-order valence-corrected chi connectivity index (χ2v) is 4.24. The van der Waals surface area contributed by atoms with E-state index in [1.807, 2.05) is 12.4 Å². The van der Waals surface area contributed by atoms with Crippen molar-refractivity contribution < 1.29 is 0 Å². The summed E-state index contributed by atoms with van der Waals surface area (Å²) in [5, 5.41) is 9.41. The number of hydrogen-bond donors (Lipinski definition) is 2. The Bertz CT molecular complexity index is 484. The van der Waals surface area contributed by atoms with Gasteiger partial charge < -0.3 is 10.6 Å². The van der Waals surface area contributed by atoms with E-state index in [1.165, 1.54) is 22.9 Å². The van der Waals surface area contributed by atoms with E-state index in [0.29, 0.717) is 6.04 Å². The molecule has 0 spiro atoms. The summed E-state index contributed by atoms with van der Waals surface area (Å²) in [4.78, 5) is 4.15. The summed E-state index contributed by atoms with van der Waals surface area (Å²) in [5.41, 5.74) is 1.22. The molecule has 16 heavy (non-hydrogen) atoms. The van der Waals surface area contributed by atoms with Gasteiger partial charge in [0, 0.05) is 41.4 Å². The maximum absolute atomic E-state index is 4.15. The first kappa shape index (κ1) is 9.60. The van der Waals surface area contributed by atoms with Crippen molar-refractivity contribution in [3.8, 4) is 0 Å². The van der Waals surface area contributed by atoms with Crippen LogP contribution in [0.2, 0.25) is 0 Å². The van der Waals surface area contributed by atoms with Gasteiger partial charge in [0.25, 0.3) is 0 Å². The number of fused-ring (bicyclic) bond motifs is 1. The smallest absolute Gasteiger partial charge is 0.0423 e. The Labute approximate surface area is 94.9 Å². The van der Waals surface area contributed by atoms with Crippen LogP contribution in [0.1, 0.15) is 6.42 Å². The summed E-state index contributed by atoms with van der Waals surface area (Å²) < 4.78 is 0. The lowest BCUT2D eigenvalue weighted by atomic mass is 10.1. The monoisotopic (exact) mass is 213 g/mol. The highest BCUT2D eigenvalue weighted by Gasteiger charge is 2.14. The lowest BCUT2D eigenvalue weighted by molar-refractivity contribution is 0.794. The molecule has 0 unspecified atom stereocenters. The first-order chi connectivity index (χ1) is 7.93. The number of benzene rings is 1. The van der Waals surface area contributed by atoms with Crippen molar-refractivity contribution in [2.75, 3.05) is 18.4 Å². The Morgan fingerprint density at radius 3 is 3.19 bits per heavy atom. The quantitative estimate of drug-likeness (QED) is 0.801. The molecule has 2 N–H and O–H groups in total. The fraction of sp³-hybridized carbons (Fsp3) is 0.308. The van der Waals surface area contributed by atoms with E-state index in [9.17, 15) is 0 Å². The molecule has 1 aromatic carbocycles. The molecule has 1 atom stereocenters. The normalized spacial score (nSPS) is 20.1. The second-order valence-electron chi connectivity index (χ2n) is 4.24. The zero-order chi connectivity index (χ0) is 10.8. The summed E-state index contributed by atoms with van der Waals surface area (Å²) in [6, 6.07) is 8.94. The zero-order valence-electron chi connectivity index (χ0n) is 9.11. The van der Waals surface area contributed by atoms with Crippen molar-refractivity contribution in [1.82, 2.24) is 10.3 Å². The van der Waals surface area contributed by atoms with Crippen molar-refractivity contribution in [1.29, 1.82) is 0 Å². The van der Waals surface area contributed by atoms with Crippen molar-refractivity contribution in [2.45, 2.75) is 12.5 Å². The third kappa shape index (κ3) is 1.74. The molecule has 0 amide bonds. The van der Waals surface area contributed by atoms with Gasteiger partial charge in [-0.3, -0.25) is 4.98 Å². The topological polar surface area (TPSA) is 37.0 Å². The summed E-state index contributed by atoms with van der Waals surface area (Å²) in [6.07, 6.45) is 4.95. The average molecular weight is 213 g/mol. The summed E-state index contributed by atoms with van der Waals surface area (Å²) in [5.74, 6) is 0. The molecule has 2 heterocycles. The van der Waals surface area contributed by atoms with E-state index in [0.717, 1.165) is 13.1 Å². The van der Waals surface area contributed by atoms with E-state index in [4.69, 9.17) is 0 Å². The van der Waals surface area contributed by atoms with Gasteiger partial charge in [0.1, 0.15) is 0 Å². The Morgan fingerprint density at radius 1 is 1.31 bits per heavy atom. The van der Waals surface area contributed by atoms with E-state index < -0.39 is 0 Å². The first-order valence-corrected chi connectivity index (χ1v) is 5.73. The first-order valence-electron chi connectivity index (χ1n) is 5.73. The number of rotatable bonds is 2. The molecule has 0 radical (unpaired) electrons. The van der Waals surface area contributed by atoms with E-state index in [1.54, 1.807) is 0 Å². The van der Waals surface area contributed by atoms with Gasteiger partial charge in [0.2, 0.25) is 0 Å². The Kier molecular flexibility index (Phi) is 2.46. The van der Waals surface area contributed by atoms with Crippen molar-refractivity contribution in [3.63, 3.8) is 0 Å². The number of pyridine rings is 1. The molecule has 1 aliphatic rings. The SMILES string of the molecule is c1cc(N[C@H]2CCNC2)c2ccncc2c1. The maximum Gasteiger partial charge on any atom is 0.0423 e. The average Bonchev–Trinajstić information content (AvgIpc) is 2.82. The minimum absolute atomic E-state index is 0.554. The zero-order valence-corrected chi connectivity index (χ0v) is 9.11. The molecule has 3 nitrogen and oxygen atoms in total. The molecule has 0 bridgehead atoms. The van der Waals surface area contributed by atoms with Gasteiger partial charge in [0.05, 0.1) is 0 Å². The molecule has 3 rings (SSSR count). The number of nitrogens with zero attached hydrogens (tertiary/aromatic N) is 1. The van der Waals surface area contributed by atoms with E-state index in [2.05, 4.69) is 39.9 Å². The highest BCUT2D eigenvalue weighted by Crippen LogP contribution is 2.23. The van der Waals surface area contributed by atoms with Crippen molar-refractivity contribution in [3.05, 3.63) is 36.7 Å². The van der Waals surface area contributed by atoms with Gasteiger partial charge in [-0.2, -0.15) is 0 Å². The van der Waals surface area contributed by atoms with Crippen LogP contribution in [0.5, 0.6) is 0 Å². The van der Waals surface area contributed by atoms with Gasteiger partial charge in [-0.15, -0.1) is 0 Å². The van der Waals surface area contributed by atoms with Crippen LogP contribution in [0.15, 0.2) is 36.7 Å². The molecule has 1 saturated heterocycles. The minimum Gasteiger partial charge on any atom is -0.380 e. The molecule has 2 aromatic rings. The Morgan fingerprint density at radius 2 is 2.31 bits per heavy atom. The Balaban J connectivity index is 1.96. The van der Waals surface area contributed by atoms with Gasteiger partial charge in [-0.25, -0.2) is 0 Å². The number of hydrogen-bond acceptors (Lipinski definition) is 3. The molecule has 3 heteroatoms. The van der Waals surface area contributed by atoms with Gasteiger partial charge in [-0.1, -0.05) is 12.1 Å². The van der Waals surface area contributed by atoms with Crippen LogP contribution in [-0.2, 0) is 0 Å². The summed E-state index contributed by atoms with van der Waals surface area (Å²) >= 11 is 0. The van der Waals surface area contributed by atoms with Gasteiger partial charge in [-0.05, 0) is 25.1 Å². The Hall–Kier alpha value is -1.61. The number of nitrogens with one attached hydrogen (secondary N) is 2. The second kappa shape index (κ2) is 4.10. The van der Waals surface area contributed by atoms with Crippen LogP contribution in [0.25, 0.3) is 10.8 Å². The molecule has 0 saturated carbocycles. The fourth-order valence-electron chi connectivity index (χ4n) is 2.25. The predicted molar refractivity (Wildman–Crippen MR) is 66.6 cm³/mol. The third-order valence-corrected chi connectivity index (χ3v) is 3.10. The van der Waals surface area contributed by atoms with Crippen LogP contribution in [0.4, 0.5) is 5.69 Å². The summed E-state index contributed by atoms with van der Waals surface area (Å²) in [7, 11) is 0. The van der Waals surface area contributed by atoms with Crippen LogP contribution in [0, 0.1) is 0 Å². The molecule has 1 fully saturated rings. The molecule has 0 aliphatic carbocycles. The number of anilines is 1. The maximum atomic E-state index is 4.15. The molecular weight excluding hydrogens is 198 g/mol. The number of aromatic nitrogens is 1. The highest BCUT2D eigenvalue weighted by atomic mass is 15.0. The molecule has 1 aromatic heterocycles. The van der Waals surface area contributed by atoms with Crippen LogP contribution < -0.4 is 10.6 Å². The van der Waals surface area contributed by atoms with Gasteiger partial charge >= 0.3 is 0 Å². The fourth-order valence-corrected chi connectivity index (χ4v) is 2.25. The molecular formula is C13H15N3. The largest absolute Gasteiger partial charge is 0.380 e. The highest BCUT2D eigenvalue weighted by molar-refractivity contribution is 5.93. The lowest BCUT2D eigenvalue weighted by Gasteiger charge is -2.14. The van der Waals surface area contributed by atoms with E-state index >= 15 is 0 Å². The summed E-state index contributed by atoms with van der Waals surface area (Å²) in [6.45, 7) is 2.17. The third-order valence-electron chi connectivity index (χ3n) is 3.10. The van der Waals surface area contributed by atoms with Crippen LogP contribution in [0.3, 0.4) is 0 Å². The lowest BCUT2D eigenvalue weighted by Crippen LogP contribution is -2.22. The standard InChI is InChI=1S/C13H15N3/c1-2-10-8-14-7-5-12(10)13(3-1)16-11-4-6-15-9-11/h1-3,5,7-8,11,15-16H,4,6,9H2/t11-/m0/s1. The molecule has 82 valence electrons. The van der Waals surface area contributed by atoms with Gasteiger partial charge in [0.15, 0.2) is 0 Å².